The van der Waals surface area contributed by atoms with Gasteiger partial charge in [-0.25, -0.2) is 0 Å². The lowest BCUT2D eigenvalue weighted by atomic mass is 9.79. The summed E-state index contributed by atoms with van der Waals surface area (Å²) < 4.78 is 0. The second-order valence-electron chi connectivity index (χ2n) is 5.51. The Kier molecular flexibility index (Phi) is 4.06. The van der Waals surface area contributed by atoms with Crippen LogP contribution < -0.4 is 5.48 Å². The zero-order valence-electron chi connectivity index (χ0n) is 10.9. The predicted octanol–water partition coefficient (Wildman–Crippen LogP) is 4.39. The van der Waals surface area contributed by atoms with Gasteiger partial charge in [-0.1, -0.05) is 37.5 Å². The summed E-state index contributed by atoms with van der Waals surface area (Å²) in [5.41, 5.74) is 4.02. The molecule has 94 valence electrons. The summed E-state index contributed by atoms with van der Waals surface area (Å²) >= 11 is 0. The highest BCUT2D eigenvalue weighted by molar-refractivity contribution is 5.40. The molecule has 17 heavy (non-hydrogen) atoms. The number of rotatable bonds is 4. The smallest absolute Gasteiger partial charge is 0.0932 e. The van der Waals surface area contributed by atoms with Gasteiger partial charge in [-0.3, -0.25) is 10.3 Å². The van der Waals surface area contributed by atoms with Crippen molar-refractivity contribution in [3.63, 3.8) is 0 Å². The Hall–Kier alpha value is -1.02. The van der Waals surface area contributed by atoms with E-state index in [0.717, 1.165) is 5.69 Å². The van der Waals surface area contributed by atoms with E-state index in [-0.39, 0.29) is 5.60 Å². The van der Waals surface area contributed by atoms with Crippen LogP contribution in [0.3, 0.4) is 0 Å². The molecule has 0 radical (unpaired) electrons. The summed E-state index contributed by atoms with van der Waals surface area (Å²) in [4.78, 5) is 5.90. The first-order chi connectivity index (χ1) is 8.18. The van der Waals surface area contributed by atoms with Crippen molar-refractivity contribution in [3.05, 3.63) is 30.3 Å². The fourth-order valence-corrected chi connectivity index (χ4v) is 2.58. The van der Waals surface area contributed by atoms with Gasteiger partial charge in [-0.05, 0) is 44.7 Å². The van der Waals surface area contributed by atoms with Crippen LogP contribution in [0.5, 0.6) is 0 Å². The van der Waals surface area contributed by atoms with Gasteiger partial charge in [0.25, 0.3) is 0 Å². The number of anilines is 1. The molecule has 0 atom stereocenters. The monoisotopic (exact) mass is 233 g/mol. The van der Waals surface area contributed by atoms with E-state index >= 15 is 0 Å². The summed E-state index contributed by atoms with van der Waals surface area (Å²) in [7, 11) is 0. The molecule has 0 unspecified atom stereocenters. The van der Waals surface area contributed by atoms with Crippen molar-refractivity contribution in [1.29, 1.82) is 0 Å². The molecule has 1 aromatic carbocycles. The van der Waals surface area contributed by atoms with Crippen molar-refractivity contribution in [2.45, 2.75) is 51.6 Å². The zero-order valence-corrected chi connectivity index (χ0v) is 10.9. The number of nitrogens with one attached hydrogen (secondary N) is 1. The van der Waals surface area contributed by atoms with E-state index in [9.17, 15) is 0 Å². The van der Waals surface area contributed by atoms with Gasteiger partial charge < -0.3 is 0 Å². The van der Waals surface area contributed by atoms with Gasteiger partial charge in [0.2, 0.25) is 0 Å². The Morgan fingerprint density at radius 3 is 2.35 bits per heavy atom. The van der Waals surface area contributed by atoms with Crippen LogP contribution in [-0.4, -0.2) is 5.60 Å². The summed E-state index contributed by atoms with van der Waals surface area (Å²) in [6.45, 7) is 4.39. The molecule has 0 bridgehead atoms. The molecule has 0 aliphatic heterocycles. The van der Waals surface area contributed by atoms with Gasteiger partial charge >= 0.3 is 0 Å². The molecule has 0 spiro atoms. The first-order valence-corrected chi connectivity index (χ1v) is 6.67. The Morgan fingerprint density at radius 1 is 1.06 bits per heavy atom. The first-order valence-electron chi connectivity index (χ1n) is 6.67. The molecule has 0 amide bonds. The summed E-state index contributed by atoms with van der Waals surface area (Å²) in [6, 6.07) is 10.1. The maximum absolute atomic E-state index is 5.90. The van der Waals surface area contributed by atoms with Crippen molar-refractivity contribution >= 4 is 5.69 Å². The average Bonchev–Trinajstić information content (AvgIpc) is 2.39. The molecule has 2 nitrogen and oxygen atoms in total. The minimum atomic E-state index is -0.0870. The number of hydrogen-bond donors (Lipinski definition) is 1. The van der Waals surface area contributed by atoms with Crippen LogP contribution in [0.4, 0.5) is 5.69 Å². The second-order valence-corrected chi connectivity index (χ2v) is 5.51. The van der Waals surface area contributed by atoms with Crippen LogP contribution in [-0.2, 0) is 4.84 Å². The highest BCUT2D eigenvalue weighted by Crippen LogP contribution is 2.34. The lowest BCUT2D eigenvalue weighted by Crippen LogP contribution is -2.37. The summed E-state index contributed by atoms with van der Waals surface area (Å²) in [5.74, 6) is 0.674. The molecule has 1 N–H and O–H groups in total. The SMILES string of the molecule is CC(C)(ONc1ccccc1)C1CCCCC1. The molecule has 2 heteroatoms. The van der Waals surface area contributed by atoms with Gasteiger partial charge in [-0.15, -0.1) is 0 Å². The Labute approximate surface area is 104 Å². The van der Waals surface area contributed by atoms with Crippen LogP contribution >= 0.6 is 0 Å². The topological polar surface area (TPSA) is 21.3 Å². The minimum absolute atomic E-state index is 0.0870. The van der Waals surface area contributed by atoms with E-state index in [2.05, 4.69) is 19.3 Å². The van der Waals surface area contributed by atoms with Gasteiger partial charge in [0.15, 0.2) is 0 Å². The molecule has 1 aliphatic rings. The Bertz CT molecular complexity index is 328. The van der Waals surface area contributed by atoms with E-state index in [4.69, 9.17) is 4.84 Å². The molecule has 0 aromatic heterocycles. The van der Waals surface area contributed by atoms with Gasteiger partial charge in [0, 0.05) is 0 Å². The lowest BCUT2D eigenvalue weighted by molar-refractivity contribution is -0.0412. The Morgan fingerprint density at radius 2 is 1.71 bits per heavy atom. The van der Waals surface area contributed by atoms with E-state index in [0.29, 0.717) is 5.92 Å². The molecule has 0 heterocycles. The Balaban J connectivity index is 1.88. The van der Waals surface area contributed by atoms with Crippen molar-refractivity contribution in [3.8, 4) is 0 Å². The third-order valence-corrected chi connectivity index (χ3v) is 3.79. The quantitative estimate of drug-likeness (QED) is 0.779. The maximum Gasteiger partial charge on any atom is 0.0932 e. The number of hydrogen-bond acceptors (Lipinski definition) is 2. The highest BCUT2D eigenvalue weighted by atomic mass is 16.7. The van der Waals surface area contributed by atoms with Gasteiger partial charge in [0.1, 0.15) is 0 Å². The number of benzene rings is 1. The molecule has 0 saturated heterocycles. The highest BCUT2D eigenvalue weighted by Gasteiger charge is 2.32. The molecule has 1 saturated carbocycles. The largest absolute Gasteiger partial charge is 0.270 e. The van der Waals surface area contributed by atoms with Crippen LogP contribution in [0.15, 0.2) is 30.3 Å². The summed E-state index contributed by atoms with van der Waals surface area (Å²) in [5, 5.41) is 0. The van der Waals surface area contributed by atoms with Crippen molar-refractivity contribution in [2.24, 2.45) is 5.92 Å². The van der Waals surface area contributed by atoms with E-state index in [1.807, 2.05) is 30.3 Å². The molecular formula is C15H23NO. The van der Waals surface area contributed by atoms with E-state index in [1.165, 1.54) is 32.1 Å². The van der Waals surface area contributed by atoms with Gasteiger partial charge in [0.05, 0.1) is 11.3 Å². The van der Waals surface area contributed by atoms with Crippen LogP contribution in [0.2, 0.25) is 0 Å². The second kappa shape index (κ2) is 5.54. The van der Waals surface area contributed by atoms with Crippen molar-refractivity contribution in [2.75, 3.05) is 5.48 Å². The van der Waals surface area contributed by atoms with Crippen LogP contribution in [0.1, 0.15) is 46.0 Å². The molecule has 2 rings (SSSR count). The third-order valence-electron chi connectivity index (χ3n) is 3.79. The minimum Gasteiger partial charge on any atom is -0.270 e. The molecule has 1 aliphatic carbocycles. The third kappa shape index (κ3) is 3.47. The van der Waals surface area contributed by atoms with Gasteiger partial charge in [-0.2, -0.15) is 0 Å². The van der Waals surface area contributed by atoms with E-state index in [1.54, 1.807) is 0 Å². The first kappa shape index (κ1) is 12.4. The normalized spacial score (nSPS) is 18.0. The standard InChI is InChI=1S/C15H23NO/c1-15(2,13-9-5-3-6-10-13)17-16-14-11-7-4-8-12-14/h4,7-8,11-13,16H,3,5-6,9-10H2,1-2H3. The average molecular weight is 233 g/mol. The molecule has 1 fully saturated rings. The van der Waals surface area contributed by atoms with E-state index < -0.39 is 0 Å². The van der Waals surface area contributed by atoms with Crippen LogP contribution in [0, 0.1) is 5.92 Å². The molecular weight excluding hydrogens is 210 g/mol. The fraction of sp³-hybridized carbons (Fsp3) is 0.600. The zero-order chi connectivity index (χ0) is 12.1. The fourth-order valence-electron chi connectivity index (χ4n) is 2.58. The van der Waals surface area contributed by atoms with Crippen molar-refractivity contribution in [1.82, 2.24) is 0 Å². The lowest BCUT2D eigenvalue weighted by Gasteiger charge is -2.36. The molecule has 1 aromatic rings. The number of para-hydroxylation sites is 1. The van der Waals surface area contributed by atoms with Crippen molar-refractivity contribution < 1.29 is 4.84 Å². The van der Waals surface area contributed by atoms with Crippen LogP contribution in [0.25, 0.3) is 0 Å². The summed E-state index contributed by atoms with van der Waals surface area (Å²) in [6.07, 6.45) is 6.68. The predicted molar refractivity (Wildman–Crippen MR) is 71.8 cm³/mol. The maximum atomic E-state index is 5.90.